The molecule has 3 nitrogen and oxygen atoms in total. The first-order valence-corrected chi connectivity index (χ1v) is 9.07. The molecule has 0 unspecified atom stereocenters. The summed E-state index contributed by atoms with van der Waals surface area (Å²) in [6.07, 6.45) is 2.39. The fourth-order valence-electron chi connectivity index (χ4n) is 3.18. The molecule has 0 aromatic heterocycles. The van der Waals surface area contributed by atoms with E-state index in [0.29, 0.717) is 0 Å². The SMILES string of the molecule is CCOc1ccc(CCCN2CCN(C)CC2)cc1C(C)(C)C. The van der Waals surface area contributed by atoms with Crippen LogP contribution in [0, 0.1) is 0 Å². The van der Waals surface area contributed by atoms with Crippen LogP contribution in [0.3, 0.4) is 0 Å². The minimum absolute atomic E-state index is 0.123. The quantitative estimate of drug-likeness (QED) is 0.797. The Labute approximate surface area is 142 Å². The summed E-state index contributed by atoms with van der Waals surface area (Å²) in [7, 11) is 2.21. The van der Waals surface area contributed by atoms with Crippen molar-refractivity contribution in [3.05, 3.63) is 29.3 Å². The van der Waals surface area contributed by atoms with Crippen LogP contribution in [-0.4, -0.2) is 56.2 Å². The summed E-state index contributed by atoms with van der Waals surface area (Å²) in [6, 6.07) is 6.76. The highest BCUT2D eigenvalue weighted by atomic mass is 16.5. The van der Waals surface area contributed by atoms with Crippen LogP contribution in [0.5, 0.6) is 5.75 Å². The summed E-state index contributed by atoms with van der Waals surface area (Å²) < 4.78 is 5.82. The minimum Gasteiger partial charge on any atom is -0.494 e. The van der Waals surface area contributed by atoms with Gasteiger partial charge in [0.1, 0.15) is 5.75 Å². The zero-order valence-corrected chi connectivity index (χ0v) is 15.7. The molecule has 1 saturated heterocycles. The van der Waals surface area contributed by atoms with Crippen molar-refractivity contribution in [3.8, 4) is 5.75 Å². The molecule has 0 atom stereocenters. The number of benzene rings is 1. The molecule has 23 heavy (non-hydrogen) atoms. The van der Waals surface area contributed by atoms with Gasteiger partial charge in [-0.3, -0.25) is 0 Å². The first-order valence-electron chi connectivity index (χ1n) is 9.07. The average molecular weight is 319 g/mol. The first-order chi connectivity index (χ1) is 10.9. The average Bonchev–Trinajstić information content (AvgIpc) is 2.50. The van der Waals surface area contributed by atoms with Crippen molar-refractivity contribution in [2.24, 2.45) is 0 Å². The Bertz CT molecular complexity index is 485. The van der Waals surface area contributed by atoms with Crippen molar-refractivity contribution in [1.82, 2.24) is 9.80 Å². The van der Waals surface area contributed by atoms with E-state index >= 15 is 0 Å². The van der Waals surface area contributed by atoms with Crippen LogP contribution in [-0.2, 0) is 11.8 Å². The van der Waals surface area contributed by atoms with Gasteiger partial charge in [0.05, 0.1) is 6.61 Å². The molecule has 1 aromatic rings. The van der Waals surface area contributed by atoms with Gasteiger partial charge in [-0.05, 0) is 56.0 Å². The van der Waals surface area contributed by atoms with Crippen LogP contribution in [0.1, 0.15) is 45.2 Å². The van der Waals surface area contributed by atoms with Gasteiger partial charge in [-0.15, -0.1) is 0 Å². The van der Waals surface area contributed by atoms with Gasteiger partial charge in [0.25, 0.3) is 0 Å². The second-order valence-electron chi connectivity index (χ2n) is 7.76. The molecule has 0 saturated carbocycles. The normalized spacial score (nSPS) is 17.4. The van der Waals surface area contributed by atoms with E-state index in [0.717, 1.165) is 18.8 Å². The van der Waals surface area contributed by atoms with E-state index in [2.05, 4.69) is 62.7 Å². The topological polar surface area (TPSA) is 15.7 Å². The van der Waals surface area contributed by atoms with E-state index in [1.165, 1.54) is 50.3 Å². The molecule has 1 heterocycles. The van der Waals surface area contributed by atoms with Gasteiger partial charge in [-0.25, -0.2) is 0 Å². The van der Waals surface area contributed by atoms with Gasteiger partial charge in [-0.1, -0.05) is 32.9 Å². The molecular formula is C20H34N2O. The van der Waals surface area contributed by atoms with Crippen molar-refractivity contribution in [3.63, 3.8) is 0 Å². The van der Waals surface area contributed by atoms with Crippen LogP contribution >= 0.6 is 0 Å². The van der Waals surface area contributed by atoms with Crippen molar-refractivity contribution in [1.29, 1.82) is 0 Å². The fraction of sp³-hybridized carbons (Fsp3) is 0.700. The van der Waals surface area contributed by atoms with Gasteiger partial charge in [0.2, 0.25) is 0 Å². The maximum absolute atomic E-state index is 5.82. The highest BCUT2D eigenvalue weighted by Gasteiger charge is 2.19. The molecule has 2 rings (SSSR count). The highest BCUT2D eigenvalue weighted by molar-refractivity contribution is 5.41. The van der Waals surface area contributed by atoms with Gasteiger partial charge in [0.15, 0.2) is 0 Å². The third kappa shape index (κ3) is 5.50. The number of nitrogens with zero attached hydrogens (tertiary/aromatic N) is 2. The Hall–Kier alpha value is -1.06. The summed E-state index contributed by atoms with van der Waals surface area (Å²) >= 11 is 0. The van der Waals surface area contributed by atoms with E-state index in [9.17, 15) is 0 Å². The summed E-state index contributed by atoms with van der Waals surface area (Å²) in [5.74, 6) is 1.04. The maximum Gasteiger partial charge on any atom is 0.123 e. The van der Waals surface area contributed by atoms with Crippen molar-refractivity contribution in [2.75, 3.05) is 46.4 Å². The Kier molecular flexibility index (Phi) is 6.49. The lowest BCUT2D eigenvalue weighted by Gasteiger charge is -2.32. The number of piperazine rings is 1. The van der Waals surface area contributed by atoms with Gasteiger partial charge in [0, 0.05) is 26.2 Å². The predicted molar refractivity (Wildman–Crippen MR) is 98.6 cm³/mol. The first kappa shape index (κ1) is 18.3. The Balaban J connectivity index is 1.92. The molecule has 0 aliphatic carbocycles. The summed E-state index contributed by atoms with van der Waals surface area (Å²) in [6.45, 7) is 15.6. The number of aryl methyl sites for hydroxylation is 1. The number of ether oxygens (including phenoxy) is 1. The lowest BCUT2D eigenvalue weighted by Crippen LogP contribution is -2.44. The van der Waals surface area contributed by atoms with Crippen LogP contribution in [0.15, 0.2) is 18.2 Å². The molecule has 0 amide bonds. The molecule has 3 heteroatoms. The molecule has 0 bridgehead atoms. The highest BCUT2D eigenvalue weighted by Crippen LogP contribution is 2.32. The van der Waals surface area contributed by atoms with Crippen molar-refractivity contribution < 1.29 is 4.74 Å². The van der Waals surface area contributed by atoms with E-state index < -0.39 is 0 Å². The molecule has 0 radical (unpaired) electrons. The summed E-state index contributed by atoms with van der Waals surface area (Å²) in [5, 5.41) is 0. The van der Waals surface area contributed by atoms with Gasteiger partial charge >= 0.3 is 0 Å². The fourth-order valence-corrected chi connectivity index (χ4v) is 3.18. The Morgan fingerprint density at radius 1 is 1.09 bits per heavy atom. The number of hydrogen-bond donors (Lipinski definition) is 0. The molecule has 130 valence electrons. The lowest BCUT2D eigenvalue weighted by atomic mass is 9.85. The smallest absolute Gasteiger partial charge is 0.123 e. The number of likely N-dealkylation sites (N-methyl/N-ethyl adjacent to an activating group) is 1. The molecular weight excluding hydrogens is 284 g/mol. The number of rotatable bonds is 6. The van der Waals surface area contributed by atoms with Gasteiger partial charge in [-0.2, -0.15) is 0 Å². The maximum atomic E-state index is 5.82. The van der Waals surface area contributed by atoms with Gasteiger partial charge < -0.3 is 14.5 Å². The lowest BCUT2D eigenvalue weighted by molar-refractivity contribution is 0.153. The summed E-state index contributed by atoms with van der Waals surface area (Å²) in [5.41, 5.74) is 2.89. The molecule has 1 aliphatic rings. The van der Waals surface area contributed by atoms with Crippen LogP contribution in [0.2, 0.25) is 0 Å². The largest absolute Gasteiger partial charge is 0.494 e. The zero-order valence-electron chi connectivity index (χ0n) is 15.7. The molecule has 0 spiro atoms. The van der Waals surface area contributed by atoms with Crippen LogP contribution in [0.25, 0.3) is 0 Å². The Morgan fingerprint density at radius 3 is 2.39 bits per heavy atom. The summed E-state index contributed by atoms with van der Waals surface area (Å²) in [4.78, 5) is 5.01. The van der Waals surface area contributed by atoms with Crippen molar-refractivity contribution >= 4 is 0 Å². The van der Waals surface area contributed by atoms with Crippen LogP contribution < -0.4 is 4.74 Å². The predicted octanol–water partition coefficient (Wildman–Crippen LogP) is 3.56. The van der Waals surface area contributed by atoms with Crippen LogP contribution in [0.4, 0.5) is 0 Å². The van der Waals surface area contributed by atoms with Crippen molar-refractivity contribution in [2.45, 2.75) is 46.0 Å². The standard InChI is InChI=1S/C20H34N2O/c1-6-23-19-10-9-17(16-18(19)20(2,3)4)8-7-11-22-14-12-21(5)13-15-22/h9-10,16H,6-8,11-15H2,1-5H3. The minimum atomic E-state index is 0.123. The monoisotopic (exact) mass is 318 g/mol. The second kappa shape index (κ2) is 8.16. The molecule has 1 fully saturated rings. The Morgan fingerprint density at radius 2 is 1.78 bits per heavy atom. The molecule has 0 N–H and O–H groups in total. The molecule has 1 aromatic carbocycles. The van der Waals surface area contributed by atoms with E-state index in [1.807, 2.05) is 0 Å². The van der Waals surface area contributed by atoms with E-state index in [4.69, 9.17) is 4.74 Å². The molecule has 1 aliphatic heterocycles. The zero-order chi connectivity index (χ0) is 16.9. The third-order valence-corrected chi connectivity index (χ3v) is 4.69. The third-order valence-electron chi connectivity index (χ3n) is 4.69. The van der Waals surface area contributed by atoms with E-state index in [1.54, 1.807) is 0 Å². The second-order valence-corrected chi connectivity index (χ2v) is 7.76. The van der Waals surface area contributed by atoms with E-state index in [-0.39, 0.29) is 5.41 Å². The number of hydrogen-bond acceptors (Lipinski definition) is 3.